The lowest BCUT2D eigenvalue weighted by Crippen LogP contribution is -1.94. The molecule has 0 fully saturated rings. The van der Waals surface area contributed by atoms with Crippen molar-refractivity contribution in [2.45, 2.75) is 19.4 Å². The van der Waals surface area contributed by atoms with Gasteiger partial charge in [0.05, 0.1) is 11.0 Å². The van der Waals surface area contributed by atoms with Crippen molar-refractivity contribution in [3.8, 4) is 11.5 Å². The van der Waals surface area contributed by atoms with Gasteiger partial charge in [-0.15, -0.1) is 0 Å². The maximum Gasteiger partial charge on any atom is 0.269 e. The summed E-state index contributed by atoms with van der Waals surface area (Å²) < 4.78 is 5.58. The molecule has 1 atom stereocenters. The van der Waals surface area contributed by atoms with Crippen molar-refractivity contribution in [3.63, 3.8) is 0 Å². The lowest BCUT2D eigenvalue weighted by Gasteiger charge is -2.09. The minimum atomic E-state index is -0.469. The number of nitro benzene ring substituents is 1. The van der Waals surface area contributed by atoms with Crippen LogP contribution in [0.1, 0.15) is 25.0 Å². The zero-order chi connectivity index (χ0) is 14.5. The van der Waals surface area contributed by atoms with Crippen molar-refractivity contribution in [1.82, 2.24) is 0 Å². The molecule has 1 unspecified atom stereocenters. The van der Waals surface area contributed by atoms with Crippen molar-refractivity contribution in [2.75, 3.05) is 0 Å². The molecule has 5 heteroatoms. The van der Waals surface area contributed by atoms with Crippen LogP contribution in [0.2, 0.25) is 0 Å². The number of ether oxygens (including phenoxy) is 1. The van der Waals surface area contributed by atoms with Crippen LogP contribution in [0.25, 0.3) is 0 Å². The molecule has 1 N–H and O–H groups in total. The SMILES string of the molecule is CCC(O)c1ccc(Oc2ccc([N+](=O)[O-])cc2)cc1. The van der Waals surface area contributed by atoms with E-state index in [1.165, 1.54) is 12.1 Å². The van der Waals surface area contributed by atoms with E-state index >= 15 is 0 Å². The maximum atomic E-state index is 10.5. The highest BCUT2D eigenvalue weighted by atomic mass is 16.6. The Hall–Kier alpha value is -2.40. The van der Waals surface area contributed by atoms with Gasteiger partial charge in [-0.3, -0.25) is 10.1 Å². The molecule has 0 amide bonds. The van der Waals surface area contributed by atoms with Gasteiger partial charge in [0.1, 0.15) is 11.5 Å². The fraction of sp³-hybridized carbons (Fsp3) is 0.200. The zero-order valence-electron chi connectivity index (χ0n) is 11.0. The molecule has 0 heterocycles. The molecule has 0 aliphatic heterocycles. The molecule has 0 radical (unpaired) electrons. The Morgan fingerprint density at radius 2 is 1.60 bits per heavy atom. The first-order valence-corrected chi connectivity index (χ1v) is 6.30. The number of aliphatic hydroxyl groups excluding tert-OH is 1. The van der Waals surface area contributed by atoms with Crippen molar-refractivity contribution >= 4 is 5.69 Å². The van der Waals surface area contributed by atoms with E-state index in [2.05, 4.69) is 0 Å². The predicted octanol–water partition coefficient (Wildman–Crippen LogP) is 3.83. The Kier molecular flexibility index (Phi) is 4.32. The number of nitrogens with zero attached hydrogens (tertiary/aromatic N) is 1. The van der Waals surface area contributed by atoms with E-state index in [1.54, 1.807) is 36.4 Å². The monoisotopic (exact) mass is 273 g/mol. The van der Waals surface area contributed by atoms with Crippen LogP contribution in [0.3, 0.4) is 0 Å². The van der Waals surface area contributed by atoms with E-state index in [1.807, 2.05) is 6.92 Å². The summed E-state index contributed by atoms with van der Waals surface area (Å²) in [5.41, 5.74) is 0.863. The highest BCUT2D eigenvalue weighted by molar-refractivity contribution is 5.39. The maximum absolute atomic E-state index is 10.5. The summed E-state index contributed by atoms with van der Waals surface area (Å²) in [6.07, 6.45) is 0.186. The molecule has 0 aromatic heterocycles. The molecular weight excluding hydrogens is 258 g/mol. The quantitative estimate of drug-likeness (QED) is 0.663. The van der Waals surface area contributed by atoms with Gasteiger partial charge in [0, 0.05) is 12.1 Å². The second-order valence-electron chi connectivity index (χ2n) is 4.35. The predicted molar refractivity (Wildman–Crippen MR) is 74.9 cm³/mol. The number of nitro groups is 1. The van der Waals surface area contributed by atoms with Gasteiger partial charge >= 0.3 is 0 Å². The van der Waals surface area contributed by atoms with E-state index in [9.17, 15) is 15.2 Å². The van der Waals surface area contributed by atoms with Gasteiger partial charge in [-0.05, 0) is 36.2 Å². The van der Waals surface area contributed by atoms with E-state index in [0.29, 0.717) is 17.9 Å². The molecule has 0 spiro atoms. The Morgan fingerprint density at radius 3 is 2.05 bits per heavy atom. The number of rotatable bonds is 5. The molecule has 2 rings (SSSR count). The second kappa shape index (κ2) is 6.16. The van der Waals surface area contributed by atoms with Gasteiger partial charge in [0.25, 0.3) is 5.69 Å². The molecule has 5 nitrogen and oxygen atoms in total. The average molecular weight is 273 g/mol. The Labute approximate surface area is 116 Å². The van der Waals surface area contributed by atoms with Gasteiger partial charge in [-0.2, -0.15) is 0 Å². The summed E-state index contributed by atoms with van der Waals surface area (Å²) in [6.45, 7) is 1.91. The fourth-order valence-electron chi connectivity index (χ4n) is 1.77. The number of aliphatic hydroxyl groups is 1. The lowest BCUT2D eigenvalue weighted by molar-refractivity contribution is -0.384. The van der Waals surface area contributed by atoms with Crippen molar-refractivity contribution in [1.29, 1.82) is 0 Å². The van der Waals surface area contributed by atoms with Crippen molar-refractivity contribution in [2.24, 2.45) is 0 Å². The molecule has 0 aliphatic carbocycles. The minimum Gasteiger partial charge on any atom is -0.457 e. The number of non-ortho nitro benzene ring substituents is 1. The standard InChI is InChI=1S/C15H15NO4/c1-2-15(17)11-3-7-13(8-4-11)20-14-9-5-12(6-10-14)16(18)19/h3-10,15,17H,2H2,1H3. The Bertz CT molecular complexity index is 578. The summed E-state index contributed by atoms with van der Waals surface area (Å²) in [5, 5.41) is 20.2. The summed E-state index contributed by atoms with van der Waals surface area (Å²) in [7, 11) is 0. The van der Waals surface area contributed by atoms with Gasteiger partial charge < -0.3 is 9.84 Å². The van der Waals surface area contributed by atoms with E-state index in [0.717, 1.165) is 5.56 Å². The summed E-state index contributed by atoms with van der Waals surface area (Å²) in [5.74, 6) is 1.14. The zero-order valence-corrected chi connectivity index (χ0v) is 11.0. The molecule has 0 bridgehead atoms. The minimum absolute atomic E-state index is 0.0266. The van der Waals surface area contributed by atoms with E-state index in [4.69, 9.17) is 4.74 Å². The molecule has 20 heavy (non-hydrogen) atoms. The Balaban J connectivity index is 2.08. The number of benzene rings is 2. The first-order valence-electron chi connectivity index (χ1n) is 6.30. The molecule has 104 valence electrons. The van der Waals surface area contributed by atoms with Crippen LogP contribution in [-0.2, 0) is 0 Å². The molecule has 2 aromatic rings. The molecule has 2 aromatic carbocycles. The third kappa shape index (κ3) is 3.33. The molecule has 0 aliphatic rings. The van der Waals surface area contributed by atoms with Crippen LogP contribution in [0.4, 0.5) is 5.69 Å². The van der Waals surface area contributed by atoms with Gasteiger partial charge in [-0.1, -0.05) is 19.1 Å². The van der Waals surface area contributed by atoms with Gasteiger partial charge in [0.15, 0.2) is 0 Å². The third-order valence-corrected chi connectivity index (χ3v) is 2.93. The van der Waals surface area contributed by atoms with Crippen LogP contribution < -0.4 is 4.74 Å². The van der Waals surface area contributed by atoms with Gasteiger partial charge in [0.2, 0.25) is 0 Å². The van der Waals surface area contributed by atoms with Crippen LogP contribution in [-0.4, -0.2) is 10.0 Å². The van der Waals surface area contributed by atoms with Gasteiger partial charge in [-0.25, -0.2) is 0 Å². The molecule has 0 saturated heterocycles. The lowest BCUT2D eigenvalue weighted by atomic mass is 10.1. The third-order valence-electron chi connectivity index (χ3n) is 2.93. The molecular formula is C15H15NO4. The largest absolute Gasteiger partial charge is 0.457 e. The Morgan fingerprint density at radius 1 is 1.10 bits per heavy atom. The smallest absolute Gasteiger partial charge is 0.269 e. The molecule has 0 saturated carbocycles. The first-order chi connectivity index (χ1) is 9.60. The van der Waals surface area contributed by atoms with Crippen molar-refractivity contribution < 1.29 is 14.8 Å². The van der Waals surface area contributed by atoms with E-state index in [-0.39, 0.29) is 5.69 Å². The highest BCUT2D eigenvalue weighted by Gasteiger charge is 2.07. The van der Waals surface area contributed by atoms with Crippen molar-refractivity contribution in [3.05, 3.63) is 64.2 Å². The average Bonchev–Trinajstić information content (AvgIpc) is 2.48. The summed E-state index contributed by atoms with van der Waals surface area (Å²) >= 11 is 0. The first kappa shape index (κ1) is 14.0. The second-order valence-corrected chi connectivity index (χ2v) is 4.35. The van der Waals surface area contributed by atoms with Crippen LogP contribution in [0.15, 0.2) is 48.5 Å². The summed E-state index contributed by atoms with van der Waals surface area (Å²) in [6, 6.07) is 13.0. The topological polar surface area (TPSA) is 72.6 Å². The number of hydrogen-bond donors (Lipinski definition) is 1. The van der Waals surface area contributed by atoms with E-state index < -0.39 is 11.0 Å². The highest BCUT2D eigenvalue weighted by Crippen LogP contribution is 2.25. The number of hydrogen-bond acceptors (Lipinski definition) is 4. The van der Waals surface area contributed by atoms with Crippen LogP contribution in [0.5, 0.6) is 11.5 Å². The fourth-order valence-corrected chi connectivity index (χ4v) is 1.77. The normalized spacial score (nSPS) is 11.9. The van der Waals surface area contributed by atoms with Crippen LogP contribution >= 0.6 is 0 Å². The van der Waals surface area contributed by atoms with Crippen LogP contribution in [0, 0.1) is 10.1 Å². The summed E-state index contributed by atoms with van der Waals surface area (Å²) in [4.78, 5) is 10.1.